The zero-order valence-corrected chi connectivity index (χ0v) is 9.09. The summed E-state index contributed by atoms with van der Waals surface area (Å²) in [5, 5.41) is 12.0. The van der Waals surface area contributed by atoms with E-state index in [2.05, 4.69) is 11.4 Å². The van der Waals surface area contributed by atoms with E-state index in [9.17, 15) is 4.79 Å². The lowest BCUT2D eigenvalue weighted by molar-refractivity contribution is -0.137. The maximum Gasteiger partial charge on any atom is 0.305 e. The van der Waals surface area contributed by atoms with Crippen LogP contribution in [0.25, 0.3) is 0 Å². The number of fused-ring (bicyclic) bond motifs is 1. The van der Waals surface area contributed by atoms with Crippen molar-refractivity contribution < 1.29 is 9.90 Å². The van der Waals surface area contributed by atoms with Crippen molar-refractivity contribution in [2.45, 2.75) is 18.9 Å². The van der Waals surface area contributed by atoms with E-state index in [-0.39, 0.29) is 24.9 Å². The fourth-order valence-electron chi connectivity index (χ4n) is 1.95. The molecule has 0 saturated heterocycles. The van der Waals surface area contributed by atoms with Crippen LogP contribution in [0.4, 0.5) is 0 Å². The molecule has 0 aliphatic carbocycles. The molecular weight excluding hydrogens is 214 g/mol. The van der Waals surface area contributed by atoms with Gasteiger partial charge in [-0.25, -0.2) is 0 Å². The average Bonchev–Trinajstić information content (AvgIpc) is 2.18. The third-order valence-electron chi connectivity index (χ3n) is 2.59. The minimum atomic E-state index is -0.751. The number of hydrogen-bond donors (Lipinski definition) is 2. The highest BCUT2D eigenvalue weighted by molar-refractivity contribution is 5.85. The normalized spacial score (nSPS) is 18.8. The molecule has 0 spiro atoms. The molecule has 1 atom stereocenters. The summed E-state index contributed by atoms with van der Waals surface area (Å²) in [6.07, 6.45) is 1.16. The Morgan fingerprint density at radius 2 is 2.20 bits per heavy atom. The first-order valence-electron chi connectivity index (χ1n) is 4.80. The third kappa shape index (κ3) is 2.70. The molecule has 0 unspecified atom stereocenters. The summed E-state index contributed by atoms with van der Waals surface area (Å²) in [6.45, 7) is 0.870. The molecule has 1 aromatic rings. The lowest BCUT2D eigenvalue weighted by Gasteiger charge is -2.25. The Bertz CT molecular complexity index is 354. The summed E-state index contributed by atoms with van der Waals surface area (Å²) in [6, 6.07) is 8.03. The number of carbonyl (C=O) groups is 1. The van der Waals surface area contributed by atoms with Gasteiger partial charge in [0.05, 0.1) is 6.42 Å². The summed E-state index contributed by atoms with van der Waals surface area (Å²) >= 11 is 0. The number of halogens is 1. The Hall–Kier alpha value is -1.06. The first-order chi connectivity index (χ1) is 6.77. The van der Waals surface area contributed by atoms with E-state index in [1.54, 1.807) is 0 Å². The quantitative estimate of drug-likeness (QED) is 0.810. The van der Waals surface area contributed by atoms with Crippen LogP contribution in [0.1, 0.15) is 23.6 Å². The molecule has 2 rings (SSSR count). The second-order valence-electron chi connectivity index (χ2n) is 3.55. The van der Waals surface area contributed by atoms with E-state index >= 15 is 0 Å². The molecule has 1 aliphatic rings. The van der Waals surface area contributed by atoms with E-state index in [1.165, 1.54) is 5.56 Å². The van der Waals surface area contributed by atoms with Gasteiger partial charge in [0, 0.05) is 6.04 Å². The molecule has 15 heavy (non-hydrogen) atoms. The molecule has 1 aromatic carbocycles. The van der Waals surface area contributed by atoms with Gasteiger partial charge in [0.2, 0.25) is 0 Å². The van der Waals surface area contributed by atoms with Crippen molar-refractivity contribution in [1.29, 1.82) is 0 Å². The number of carboxylic acid groups (broad SMARTS) is 1. The van der Waals surface area contributed by atoms with Gasteiger partial charge >= 0.3 is 5.97 Å². The SMILES string of the molecule is Cl.O=C(O)C[C@H]1NCCc2ccccc21. The van der Waals surface area contributed by atoms with Crippen molar-refractivity contribution in [2.75, 3.05) is 6.54 Å². The Labute approximate surface area is 94.9 Å². The molecule has 0 aromatic heterocycles. The van der Waals surface area contributed by atoms with Crippen LogP contribution in [0.5, 0.6) is 0 Å². The van der Waals surface area contributed by atoms with E-state index in [0.717, 1.165) is 18.5 Å². The molecule has 0 radical (unpaired) electrons. The third-order valence-corrected chi connectivity index (χ3v) is 2.59. The van der Waals surface area contributed by atoms with Crippen LogP contribution in [0.3, 0.4) is 0 Å². The predicted octanol–water partition coefficient (Wildman–Crippen LogP) is 1.77. The Morgan fingerprint density at radius 3 is 2.93 bits per heavy atom. The fraction of sp³-hybridized carbons (Fsp3) is 0.364. The number of rotatable bonds is 2. The topological polar surface area (TPSA) is 49.3 Å². The minimum absolute atomic E-state index is 0. The van der Waals surface area contributed by atoms with E-state index in [0.29, 0.717) is 0 Å². The van der Waals surface area contributed by atoms with Crippen LogP contribution in [0.15, 0.2) is 24.3 Å². The van der Waals surface area contributed by atoms with Crippen LogP contribution >= 0.6 is 12.4 Å². The average molecular weight is 228 g/mol. The van der Waals surface area contributed by atoms with Crippen molar-refractivity contribution in [2.24, 2.45) is 0 Å². The van der Waals surface area contributed by atoms with E-state index in [4.69, 9.17) is 5.11 Å². The van der Waals surface area contributed by atoms with E-state index < -0.39 is 5.97 Å². The molecular formula is C11H14ClNO2. The molecule has 0 fully saturated rings. The zero-order chi connectivity index (χ0) is 9.97. The molecule has 0 saturated carbocycles. The highest BCUT2D eigenvalue weighted by atomic mass is 35.5. The Morgan fingerprint density at radius 1 is 1.47 bits per heavy atom. The maximum absolute atomic E-state index is 10.6. The molecule has 2 N–H and O–H groups in total. The first-order valence-corrected chi connectivity index (χ1v) is 4.80. The molecule has 4 heteroatoms. The number of benzene rings is 1. The molecule has 82 valence electrons. The van der Waals surface area contributed by atoms with Gasteiger partial charge in [0.25, 0.3) is 0 Å². The van der Waals surface area contributed by atoms with Crippen LogP contribution in [0, 0.1) is 0 Å². The number of aliphatic carboxylic acids is 1. The highest BCUT2D eigenvalue weighted by Gasteiger charge is 2.20. The monoisotopic (exact) mass is 227 g/mol. The van der Waals surface area contributed by atoms with Crippen LogP contribution in [0.2, 0.25) is 0 Å². The number of carboxylic acids is 1. The number of hydrogen-bond acceptors (Lipinski definition) is 2. The Balaban J connectivity index is 0.00000112. The molecule has 1 aliphatic heterocycles. The van der Waals surface area contributed by atoms with Crippen molar-refractivity contribution in [3.05, 3.63) is 35.4 Å². The molecule has 3 nitrogen and oxygen atoms in total. The number of nitrogens with one attached hydrogen (secondary N) is 1. The van der Waals surface area contributed by atoms with Gasteiger partial charge < -0.3 is 10.4 Å². The van der Waals surface area contributed by atoms with E-state index in [1.807, 2.05) is 18.2 Å². The Kier molecular flexibility index (Phi) is 4.12. The van der Waals surface area contributed by atoms with Crippen LogP contribution < -0.4 is 5.32 Å². The highest BCUT2D eigenvalue weighted by Crippen LogP contribution is 2.24. The molecule has 0 bridgehead atoms. The predicted molar refractivity (Wildman–Crippen MR) is 60.4 cm³/mol. The summed E-state index contributed by atoms with van der Waals surface area (Å²) in [7, 11) is 0. The molecule has 1 heterocycles. The minimum Gasteiger partial charge on any atom is -0.481 e. The van der Waals surface area contributed by atoms with Gasteiger partial charge in [-0.1, -0.05) is 24.3 Å². The van der Waals surface area contributed by atoms with Gasteiger partial charge in [0.15, 0.2) is 0 Å². The summed E-state index contributed by atoms with van der Waals surface area (Å²) < 4.78 is 0. The fourth-order valence-corrected chi connectivity index (χ4v) is 1.95. The van der Waals surface area contributed by atoms with Crippen molar-refractivity contribution >= 4 is 18.4 Å². The van der Waals surface area contributed by atoms with Crippen LogP contribution in [-0.2, 0) is 11.2 Å². The van der Waals surface area contributed by atoms with Crippen LogP contribution in [-0.4, -0.2) is 17.6 Å². The van der Waals surface area contributed by atoms with Gasteiger partial charge in [-0.15, -0.1) is 12.4 Å². The smallest absolute Gasteiger partial charge is 0.305 e. The second kappa shape index (κ2) is 5.14. The van der Waals surface area contributed by atoms with Gasteiger partial charge in [-0.3, -0.25) is 4.79 Å². The lowest BCUT2D eigenvalue weighted by Crippen LogP contribution is -2.31. The largest absolute Gasteiger partial charge is 0.481 e. The van der Waals surface area contributed by atoms with Gasteiger partial charge in [-0.2, -0.15) is 0 Å². The summed E-state index contributed by atoms with van der Waals surface area (Å²) in [5.41, 5.74) is 2.42. The lowest BCUT2D eigenvalue weighted by atomic mass is 9.93. The molecule has 0 amide bonds. The van der Waals surface area contributed by atoms with Gasteiger partial charge in [-0.05, 0) is 24.1 Å². The second-order valence-corrected chi connectivity index (χ2v) is 3.55. The standard InChI is InChI=1S/C11H13NO2.ClH/c13-11(14)7-10-9-4-2-1-3-8(9)5-6-12-10;/h1-4,10,12H,5-7H2,(H,13,14);1H/t10-;/m1./s1. The zero-order valence-electron chi connectivity index (χ0n) is 8.27. The first kappa shape index (κ1) is 12.0. The van der Waals surface area contributed by atoms with Crippen molar-refractivity contribution in [3.63, 3.8) is 0 Å². The summed E-state index contributed by atoms with van der Waals surface area (Å²) in [4.78, 5) is 10.6. The van der Waals surface area contributed by atoms with Crippen molar-refractivity contribution in [3.8, 4) is 0 Å². The maximum atomic E-state index is 10.6. The summed E-state index contributed by atoms with van der Waals surface area (Å²) in [5.74, 6) is -0.751. The van der Waals surface area contributed by atoms with Gasteiger partial charge in [0.1, 0.15) is 0 Å². The van der Waals surface area contributed by atoms with Crippen molar-refractivity contribution in [1.82, 2.24) is 5.32 Å².